The summed E-state index contributed by atoms with van der Waals surface area (Å²) < 4.78 is 6.22. The number of ether oxygens (including phenoxy) is 1. The minimum Gasteiger partial charge on any atom is -0.463 e. The second kappa shape index (κ2) is 9.73. The molecular weight excluding hydrogens is 398 g/mol. The molecule has 2 amide bonds. The average molecular weight is 424 g/mol. The minimum atomic E-state index is -0.389. The lowest BCUT2D eigenvalue weighted by Crippen LogP contribution is -2.52. The van der Waals surface area contributed by atoms with Crippen molar-refractivity contribution >= 4 is 27.9 Å². The number of carbonyl (C=O) groups excluding carboxylic acids is 2. The van der Waals surface area contributed by atoms with Crippen LogP contribution in [0.15, 0.2) is 40.0 Å². The zero-order valence-electron chi connectivity index (χ0n) is 15.4. The van der Waals surface area contributed by atoms with Gasteiger partial charge in [0, 0.05) is 22.8 Å². The standard InChI is InChI=1S/C19H26BrN3O3/c1-4-14(12-7-9-13(20)10-8-12)21-11-16-17(18(24)26-6-3)15(5-2)22-19(25)23-16/h7-10,14-15,21H,4-6,11H2,1-3H3,(H2,22,23,25)/t14-,15+/m1/s1. The summed E-state index contributed by atoms with van der Waals surface area (Å²) in [4.78, 5) is 24.4. The summed E-state index contributed by atoms with van der Waals surface area (Å²) in [7, 11) is 0. The van der Waals surface area contributed by atoms with Gasteiger partial charge in [-0.2, -0.15) is 0 Å². The fourth-order valence-corrected chi connectivity index (χ4v) is 3.28. The largest absolute Gasteiger partial charge is 0.463 e. The third kappa shape index (κ3) is 5.08. The molecule has 3 N–H and O–H groups in total. The molecule has 1 heterocycles. The molecule has 26 heavy (non-hydrogen) atoms. The van der Waals surface area contributed by atoms with Crippen LogP contribution >= 0.6 is 15.9 Å². The van der Waals surface area contributed by atoms with Gasteiger partial charge in [0.1, 0.15) is 0 Å². The summed E-state index contributed by atoms with van der Waals surface area (Å²) in [5.41, 5.74) is 2.23. The molecule has 2 atom stereocenters. The fraction of sp³-hybridized carbons (Fsp3) is 0.474. The first kappa shape index (κ1) is 20.5. The molecular formula is C19H26BrN3O3. The van der Waals surface area contributed by atoms with Crippen molar-refractivity contribution in [3.05, 3.63) is 45.6 Å². The van der Waals surface area contributed by atoms with Crippen molar-refractivity contribution < 1.29 is 14.3 Å². The summed E-state index contributed by atoms with van der Waals surface area (Å²) in [6, 6.07) is 7.60. The molecule has 0 bridgehead atoms. The first-order chi connectivity index (χ1) is 12.5. The van der Waals surface area contributed by atoms with Crippen molar-refractivity contribution in [2.45, 2.75) is 45.7 Å². The van der Waals surface area contributed by atoms with Crippen molar-refractivity contribution in [3.63, 3.8) is 0 Å². The number of benzene rings is 1. The predicted molar refractivity (Wildman–Crippen MR) is 105 cm³/mol. The van der Waals surface area contributed by atoms with Gasteiger partial charge >= 0.3 is 12.0 Å². The normalized spacial score (nSPS) is 18.2. The molecule has 6 nitrogen and oxygen atoms in total. The summed E-state index contributed by atoms with van der Waals surface area (Å²) in [5, 5.41) is 9.00. The Morgan fingerprint density at radius 1 is 1.27 bits per heavy atom. The molecule has 0 saturated heterocycles. The van der Waals surface area contributed by atoms with Crippen LogP contribution in [0, 0.1) is 0 Å². The van der Waals surface area contributed by atoms with E-state index in [4.69, 9.17) is 4.74 Å². The van der Waals surface area contributed by atoms with E-state index in [-0.39, 0.29) is 24.1 Å². The third-order valence-corrected chi connectivity index (χ3v) is 4.88. The highest BCUT2D eigenvalue weighted by atomic mass is 79.9. The molecule has 0 unspecified atom stereocenters. The molecule has 1 aliphatic heterocycles. The highest BCUT2D eigenvalue weighted by Crippen LogP contribution is 2.21. The lowest BCUT2D eigenvalue weighted by atomic mass is 9.99. The van der Waals surface area contributed by atoms with Crippen molar-refractivity contribution in [3.8, 4) is 0 Å². The van der Waals surface area contributed by atoms with E-state index >= 15 is 0 Å². The highest BCUT2D eigenvalue weighted by molar-refractivity contribution is 9.10. The van der Waals surface area contributed by atoms with Crippen molar-refractivity contribution in [1.82, 2.24) is 16.0 Å². The van der Waals surface area contributed by atoms with E-state index in [2.05, 4.69) is 50.9 Å². The molecule has 142 valence electrons. The van der Waals surface area contributed by atoms with Crippen LogP contribution in [-0.2, 0) is 9.53 Å². The predicted octanol–water partition coefficient (Wildman–Crippen LogP) is 3.40. The smallest absolute Gasteiger partial charge is 0.337 e. The summed E-state index contributed by atoms with van der Waals surface area (Å²) in [6.45, 7) is 6.47. The van der Waals surface area contributed by atoms with E-state index in [1.54, 1.807) is 6.92 Å². The number of urea groups is 1. The third-order valence-electron chi connectivity index (χ3n) is 4.35. The maximum atomic E-state index is 12.4. The number of amides is 2. The Morgan fingerprint density at radius 3 is 2.54 bits per heavy atom. The van der Waals surface area contributed by atoms with Gasteiger partial charge in [-0.05, 0) is 37.5 Å². The zero-order valence-corrected chi connectivity index (χ0v) is 17.0. The molecule has 0 aromatic heterocycles. The molecule has 1 aliphatic rings. The van der Waals surface area contributed by atoms with Gasteiger partial charge in [-0.15, -0.1) is 0 Å². The quantitative estimate of drug-likeness (QED) is 0.559. The average Bonchev–Trinajstić information content (AvgIpc) is 2.63. The Balaban J connectivity index is 2.22. The van der Waals surface area contributed by atoms with Gasteiger partial charge in [0.05, 0.1) is 18.2 Å². The van der Waals surface area contributed by atoms with Crippen LogP contribution in [0.4, 0.5) is 4.79 Å². The summed E-state index contributed by atoms with van der Waals surface area (Å²) >= 11 is 3.44. The molecule has 1 aromatic rings. The molecule has 1 aromatic carbocycles. The lowest BCUT2D eigenvalue weighted by Gasteiger charge is -2.29. The van der Waals surface area contributed by atoms with Crippen LogP contribution < -0.4 is 16.0 Å². The van der Waals surface area contributed by atoms with Crippen LogP contribution in [0.25, 0.3) is 0 Å². The maximum Gasteiger partial charge on any atom is 0.337 e. The van der Waals surface area contributed by atoms with E-state index < -0.39 is 0 Å². The monoisotopic (exact) mass is 423 g/mol. The van der Waals surface area contributed by atoms with Gasteiger partial charge in [0.2, 0.25) is 0 Å². The minimum absolute atomic E-state index is 0.117. The van der Waals surface area contributed by atoms with Crippen LogP contribution in [0.5, 0.6) is 0 Å². The second-order valence-corrected chi connectivity index (χ2v) is 6.98. The number of carbonyl (C=O) groups is 2. The Morgan fingerprint density at radius 2 is 1.96 bits per heavy atom. The first-order valence-corrected chi connectivity index (χ1v) is 9.75. The van der Waals surface area contributed by atoms with E-state index in [0.717, 1.165) is 16.5 Å². The number of hydrogen-bond acceptors (Lipinski definition) is 4. The summed E-state index contributed by atoms with van der Waals surface area (Å²) in [6.07, 6.45) is 1.50. The highest BCUT2D eigenvalue weighted by Gasteiger charge is 2.31. The van der Waals surface area contributed by atoms with E-state index in [1.807, 2.05) is 19.1 Å². The van der Waals surface area contributed by atoms with E-state index in [9.17, 15) is 9.59 Å². The van der Waals surface area contributed by atoms with Gasteiger partial charge in [0.15, 0.2) is 0 Å². The molecule has 2 rings (SSSR count). The number of esters is 1. The van der Waals surface area contributed by atoms with Crippen LogP contribution in [0.2, 0.25) is 0 Å². The summed E-state index contributed by atoms with van der Waals surface area (Å²) in [5.74, 6) is -0.389. The maximum absolute atomic E-state index is 12.4. The topological polar surface area (TPSA) is 79.5 Å². The molecule has 0 saturated carbocycles. The van der Waals surface area contributed by atoms with Crippen LogP contribution in [0.3, 0.4) is 0 Å². The first-order valence-electron chi connectivity index (χ1n) is 8.96. The SMILES string of the molecule is CCOC(=O)C1=C(CN[C@H](CC)c2ccc(Br)cc2)NC(=O)N[C@H]1CC. The van der Waals surface area contributed by atoms with Crippen LogP contribution in [0.1, 0.15) is 45.2 Å². The van der Waals surface area contributed by atoms with Gasteiger partial charge in [-0.1, -0.05) is 41.9 Å². The Labute approximate surface area is 162 Å². The van der Waals surface area contributed by atoms with Crippen molar-refractivity contribution in [2.75, 3.05) is 13.2 Å². The molecule has 0 radical (unpaired) electrons. The van der Waals surface area contributed by atoms with Gasteiger partial charge in [-0.25, -0.2) is 9.59 Å². The van der Waals surface area contributed by atoms with Crippen LogP contribution in [-0.4, -0.2) is 31.2 Å². The number of rotatable bonds is 8. The van der Waals surface area contributed by atoms with Crippen molar-refractivity contribution in [1.29, 1.82) is 0 Å². The molecule has 0 aliphatic carbocycles. The zero-order chi connectivity index (χ0) is 19.1. The van der Waals surface area contributed by atoms with Gasteiger partial charge in [0.25, 0.3) is 0 Å². The Kier molecular flexibility index (Phi) is 7.66. The number of nitrogens with one attached hydrogen (secondary N) is 3. The number of halogens is 1. The molecule has 0 spiro atoms. The second-order valence-electron chi connectivity index (χ2n) is 6.07. The lowest BCUT2D eigenvalue weighted by molar-refractivity contribution is -0.139. The number of hydrogen-bond donors (Lipinski definition) is 3. The van der Waals surface area contributed by atoms with Crippen molar-refractivity contribution in [2.24, 2.45) is 0 Å². The van der Waals surface area contributed by atoms with Gasteiger partial charge < -0.3 is 20.7 Å². The Hall–Kier alpha value is -1.86. The van der Waals surface area contributed by atoms with E-state index in [0.29, 0.717) is 30.8 Å². The van der Waals surface area contributed by atoms with Gasteiger partial charge in [-0.3, -0.25) is 0 Å². The fourth-order valence-electron chi connectivity index (χ4n) is 3.02. The Bertz CT molecular complexity index is 673. The molecule has 7 heteroatoms. The van der Waals surface area contributed by atoms with E-state index in [1.165, 1.54) is 0 Å². The molecule has 0 fully saturated rings.